The summed E-state index contributed by atoms with van der Waals surface area (Å²) in [6.45, 7) is 0. The van der Waals surface area contributed by atoms with E-state index in [1.54, 1.807) is 0 Å². The van der Waals surface area contributed by atoms with Gasteiger partial charge >= 0.3 is 0 Å². The van der Waals surface area contributed by atoms with E-state index in [9.17, 15) is 0 Å². The minimum Gasteiger partial charge on any atom is -0.357 e. The molecule has 6 aliphatic carbocycles. The van der Waals surface area contributed by atoms with Gasteiger partial charge in [0, 0.05) is 36.3 Å². The van der Waals surface area contributed by atoms with Gasteiger partial charge in [-0.2, -0.15) is 15.0 Å². The Morgan fingerprint density at radius 2 is 0.421 bits per heavy atom. The molecule has 0 spiro atoms. The van der Waals surface area contributed by atoms with Gasteiger partial charge in [0.05, 0.1) is 19.0 Å². The first-order chi connectivity index (χ1) is 28.3. The lowest BCUT2D eigenvalue weighted by atomic mass is 10.0. The van der Waals surface area contributed by atoms with Crippen LogP contribution in [0.5, 0.6) is 0 Å². The standard InChI is InChI=1S/C48H81N9/c1-2-14-26-40(25-13-1)55(41-27-15-3-4-16-28-41)37-49-46-52-47(50-38-56(42-29-17-5-6-18-30-42)43-31-19-7-8-20-32-43)54-48(53-46)51-39-57(44-33-21-9-10-22-34-44)45-35-23-11-12-24-36-45/h37-45H,1-36H2. The Hall–Kier alpha value is -2.58. The average Bonchev–Trinajstić information content (AvgIpc) is 3.96. The molecule has 1 aromatic heterocycles. The van der Waals surface area contributed by atoms with Crippen molar-refractivity contribution in [2.24, 2.45) is 15.0 Å². The summed E-state index contributed by atoms with van der Waals surface area (Å²) in [5.74, 6) is 1.38. The van der Waals surface area contributed by atoms with Crippen LogP contribution < -0.4 is 0 Å². The fourth-order valence-corrected chi connectivity index (χ4v) is 11.7. The minimum atomic E-state index is 0.461. The topological polar surface area (TPSA) is 85.5 Å². The molecule has 0 saturated heterocycles. The van der Waals surface area contributed by atoms with E-state index in [0.29, 0.717) is 54.1 Å². The van der Waals surface area contributed by atoms with Gasteiger partial charge in [-0.15, -0.1) is 0 Å². The Morgan fingerprint density at radius 1 is 0.263 bits per heavy atom. The van der Waals surface area contributed by atoms with Crippen LogP contribution in [-0.2, 0) is 0 Å². The number of rotatable bonds is 12. The number of hydrogen-bond donors (Lipinski definition) is 0. The van der Waals surface area contributed by atoms with Gasteiger partial charge in [-0.25, -0.2) is 15.0 Å². The first-order valence-electron chi connectivity index (χ1n) is 25.0. The van der Waals surface area contributed by atoms with Crippen LogP contribution in [0.25, 0.3) is 0 Å². The zero-order chi connectivity index (χ0) is 38.7. The quantitative estimate of drug-likeness (QED) is 0.119. The van der Waals surface area contributed by atoms with Crippen LogP contribution in [0, 0.1) is 0 Å². The second kappa shape index (κ2) is 23.9. The fourth-order valence-electron chi connectivity index (χ4n) is 11.7. The van der Waals surface area contributed by atoms with Crippen molar-refractivity contribution in [2.75, 3.05) is 0 Å². The molecule has 1 heterocycles. The third-order valence-corrected chi connectivity index (χ3v) is 15.0. The molecule has 6 aliphatic rings. The molecule has 9 heteroatoms. The van der Waals surface area contributed by atoms with Crippen molar-refractivity contribution in [3.05, 3.63) is 0 Å². The summed E-state index contributed by atoms with van der Waals surface area (Å²) < 4.78 is 0. The van der Waals surface area contributed by atoms with E-state index < -0.39 is 0 Å². The maximum atomic E-state index is 5.17. The normalized spacial score (nSPS) is 24.8. The summed E-state index contributed by atoms with van der Waals surface area (Å²) in [7, 11) is 0. The van der Waals surface area contributed by atoms with Crippen molar-refractivity contribution in [2.45, 2.75) is 267 Å². The van der Waals surface area contributed by atoms with Gasteiger partial charge in [0.25, 0.3) is 17.8 Å². The lowest BCUT2D eigenvalue weighted by Gasteiger charge is -2.36. The monoisotopic (exact) mass is 784 g/mol. The van der Waals surface area contributed by atoms with Crippen LogP contribution in [0.2, 0.25) is 0 Å². The van der Waals surface area contributed by atoms with Crippen molar-refractivity contribution in [1.82, 2.24) is 29.7 Å². The van der Waals surface area contributed by atoms with Crippen LogP contribution in [0.1, 0.15) is 231 Å². The molecule has 6 fully saturated rings. The van der Waals surface area contributed by atoms with Crippen LogP contribution >= 0.6 is 0 Å². The molecule has 9 nitrogen and oxygen atoms in total. The highest BCUT2D eigenvalue weighted by molar-refractivity contribution is 5.64. The first kappa shape index (κ1) is 42.5. The molecule has 1 aromatic rings. The molecule has 0 bridgehead atoms. The van der Waals surface area contributed by atoms with Crippen molar-refractivity contribution < 1.29 is 0 Å². The van der Waals surface area contributed by atoms with E-state index in [4.69, 9.17) is 29.9 Å². The fraction of sp³-hybridized carbons (Fsp3) is 0.875. The Kier molecular flexibility index (Phi) is 17.8. The lowest BCUT2D eigenvalue weighted by molar-refractivity contribution is 0.206. The summed E-state index contributed by atoms with van der Waals surface area (Å²) in [5.41, 5.74) is 0. The van der Waals surface area contributed by atoms with Gasteiger partial charge in [-0.3, -0.25) is 0 Å². The first-order valence-corrected chi connectivity index (χ1v) is 25.0. The lowest BCUT2D eigenvalue weighted by Crippen LogP contribution is -2.42. The molecule has 0 N–H and O–H groups in total. The molecule has 0 amide bonds. The second-order valence-electron chi connectivity index (χ2n) is 19.2. The van der Waals surface area contributed by atoms with Crippen molar-refractivity contribution in [3.8, 4) is 0 Å². The molecule has 57 heavy (non-hydrogen) atoms. The molecular formula is C48H81N9. The molecule has 0 radical (unpaired) electrons. The van der Waals surface area contributed by atoms with E-state index in [1.807, 2.05) is 0 Å². The predicted octanol–water partition coefficient (Wildman–Crippen LogP) is 13.1. The number of aliphatic imine (C=N–C) groups is 3. The van der Waals surface area contributed by atoms with Gasteiger partial charge in [-0.05, 0) is 77.0 Å². The molecule has 6 saturated carbocycles. The van der Waals surface area contributed by atoms with Crippen molar-refractivity contribution in [3.63, 3.8) is 0 Å². The third-order valence-electron chi connectivity index (χ3n) is 15.0. The smallest absolute Gasteiger partial charge is 0.257 e. The summed E-state index contributed by atoms with van der Waals surface area (Å²) in [6, 6.07) is 3.31. The highest BCUT2D eigenvalue weighted by Crippen LogP contribution is 2.32. The van der Waals surface area contributed by atoms with E-state index in [2.05, 4.69) is 33.7 Å². The van der Waals surface area contributed by atoms with Gasteiger partial charge in [0.1, 0.15) is 0 Å². The van der Waals surface area contributed by atoms with Crippen LogP contribution in [0.3, 0.4) is 0 Å². The van der Waals surface area contributed by atoms with Crippen molar-refractivity contribution >= 4 is 36.9 Å². The summed E-state index contributed by atoms with van der Waals surface area (Å²) in [6.07, 6.45) is 53.8. The number of aromatic nitrogens is 3. The Labute approximate surface area is 347 Å². The summed E-state index contributed by atoms with van der Waals surface area (Å²) >= 11 is 0. The predicted molar refractivity (Wildman–Crippen MR) is 239 cm³/mol. The number of nitrogens with zero attached hydrogens (tertiary/aromatic N) is 9. The average molecular weight is 784 g/mol. The van der Waals surface area contributed by atoms with Gasteiger partial charge in [0.2, 0.25) is 0 Å². The molecule has 0 atom stereocenters. The summed E-state index contributed by atoms with van der Waals surface area (Å²) in [5, 5.41) is 0. The maximum absolute atomic E-state index is 5.17. The zero-order valence-electron chi connectivity index (χ0n) is 36.2. The SMILES string of the molecule is C(=Nc1nc(N=CN(C2CCCCCC2)C2CCCCCC2)nc(N=CN(C2CCCCCC2)C2CCCCCC2)n1)N(C1CCCCCC1)C1CCCCCC1. The Balaban J connectivity index is 1.22. The maximum Gasteiger partial charge on any atom is 0.257 e. The van der Waals surface area contributed by atoms with Gasteiger partial charge < -0.3 is 14.7 Å². The van der Waals surface area contributed by atoms with E-state index in [-0.39, 0.29) is 0 Å². The second-order valence-corrected chi connectivity index (χ2v) is 19.2. The summed E-state index contributed by atoms with van der Waals surface area (Å²) in [4.78, 5) is 38.5. The van der Waals surface area contributed by atoms with Gasteiger partial charge in [0.15, 0.2) is 0 Å². The third kappa shape index (κ3) is 13.5. The Morgan fingerprint density at radius 3 is 0.579 bits per heavy atom. The van der Waals surface area contributed by atoms with Crippen LogP contribution in [-0.4, -0.2) is 84.9 Å². The molecule has 0 aliphatic heterocycles. The molecular weight excluding hydrogens is 703 g/mol. The number of hydrogen-bond acceptors (Lipinski definition) is 6. The van der Waals surface area contributed by atoms with E-state index in [0.717, 1.165) is 0 Å². The molecule has 0 unspecified atom stereocenters. The molecule has 0 aromatic carbocycles. The van der Waals surface area contributed by atoms with E-state index in [1.165, 1.54) is 231 Å². The largest absolute Gasteiger partial charge is 0.357 e. The molecule has 318 valence electrons. The van der Waals surface area contributed by atoms with Crippen LogP contribution in [0.15, 0.2) is 15.0 Å². The zero-order valence-corrected chi connectivity index (χ0v) is 36.2. The Bertz CT molecular complexity index is 1100. The molecule has 7 rings (SSSR count). The van der Waals surface area contributed by atoms with Crippen molar-refractivity contribution in [1.29, 1.82) is 0 Å². The minimum absolute atomic E-state index is 0.461. The van der Waals surface area contributed by atoms with Crippen LogP contribution in [0.4, 0.5) is 17.8 Å². The van der Waals surface area contributed by atoms with E-state index >= 15 is 0 Å². The highest BCUT2D eigenvalue weighted by Gasteiger charge is 2.29. The highest BCUT2D eigenvalue weighted by atomic mass is 15.3. The van der Waals surface area contributed by atoms with Gasteiger partial charge in [-0.1, -0.05) is 154 Å².